The first-order valence-electron chi connectivity index (χ1n) is 10.4. The molecular weight excluding hydrogens is 324 g/mol. The number of rotatable bonds is 6. The van der Waals surface area contributed by atoms with Gasteiger partial charge in [0.15, 0.2) is 0 Å². The van der Waals surface area contributed by atoms with Crippen molar-refractivity contribution < 1.29 is 9.53 Å². The van der Waals surface area contributed by atoms with Crippen molar-refractivity contribution in [3.63, 3.8) is 0 Å². The summed E-state index contributed by atoms with van der Waals surface area (Å²) in [6.45, 7) is 2.89. The zero-order chi connectivity index (χ0) is 18.0. The van der Waals surface area contributed by atoms with Crippen molar-refractivity contribution in [3.8, 4) is 5.75 Å². The van der Waals surface area contributed by atoms with Gasteiger partial charge in [-0.1, -0.05) is 31.0 Å². The normalized spacial score (nSPS) is 25.8. The zero-order valence-electron chi connectivity index (χ0n) is 16.0. The van der Waals surface area contributed by atoms with Crippen molar-refractivity contribution in [1.29, 1.82) is 0 Å². The minimum atomic E-state index is 0.201. The molecule has 3 aliphatic rings. The molecule has 1 spiro atoms. The maximum atomic E-state index is 12.9. The highest BCUT2D eigenvalue weighted by atomic mass is 16.5. The molecule has 2 aliphatic carbocycles. The Hall–Kier alpha value is -1.55. The topological polar surface area (TPSA) is 41.6 Å². The van der Waals surface area contributed by atoms with Crippen LogP contribution in [-0.2, 0) is 4.79 Å². The zero-order valence-corrected chi connectivity index (χ0v) is 16.0. The van der Waals surface area contributed by atoms with Gasteiger partial charge in [-0.05, 0) is 63.1 Å². The molecule has 1 saturated heterocycles. The molecule has 1 heterocycles. The molecule has 1 amide bonds. The smallest absolute Gasteiger partial charge is 0.223 e. The molecule has 2 saturated carbocycles. The van der Waals surface area contributed by atoms with Crippen LogP contribution in [-0.4, -0.2) is 37.6 Å². The number of amides is 1. The largest absolute Gasteiger partial charge is 0.496 e. The number of benzene rings is 1. The molecule has 1 N–H and O–H groups in total. The van der Waals surface area contributed by atoms with E-state index in [-0.39, 0.29) is 17.9 Å². The van der Waals surface area contributed by atoms with E-state index in [1.807, 2.05) is 12.1 Å². The fraction of sp³-hybridized carbons (Fsp3) is 0.682. The summed E-state index contributed by atoms with van der Waals surface area (Å²) >= 11 is 0. The molecule has 26 heavy (non-hydrogen) atoms. The molecule has 2 atom stereocenters. The van der Waals surface area contributed by atoms with E-state index in [1.165, 1.54) is 50.5 Å². The van der Waals surface area contributed by atoms with Gasteiger partial charge in [-0.3, -0.25) is 9.69 Å². The van der Waals surface area contributed by atoms with Gasteiger partial charge in [0.1, 0.15) is 5.75 Å². The van der Waals surface area contributed by atoms with E-state index >= 15 is 0 Å². The highest BCUT2D eigenvalue weighted by Crippen LogP contribution is 2.61. The predicted molar refractivity (Wildman–Crippen MR) is 103 cm³/mol. The average Bonchev–Trinajstić information content (AvgIpc) is 3.33. The number of nitrogens with one attached hydrogen (secondary N) is 1. The number of piperidine rings is 1. The van der Waals surface area contributed by atoms with Gasteiger partial charge in [0, 0.05) is 18.0 Å². The summed E-state index contributed by atoms with van der Waals surface area (Å²) in [6, 6.07) is 8.48. The summed E-state index contributed by atoms with van der Waals surface area (Å²) in [7, 11) is 1.74. The summed E-state index contributed by atoms with van der Waals surface area (Å²) in [5, 5.41) is 3.33. The Balaban J connectivity index is 1.48. The third-order valence-corrected chi connectivity index (χ3v) is 6.91. The summed E-state index contributed by atoms with van der Waals surface area (Å²) in [5.41, 5.74) is 1.57. The monoisotopic (exact) mass is 356 g/mol. The summed E-state index contributed by atoms with van der Waals surface area (Å²) in [5.74, 6) is 1.47. The lowest BCUT2D eigenvalue weighted by Crippen LogP contribution is -2.43. The number of ether oxygens (including phenoxy) is 1. The highest BCUT2D eigenvalue weighted by molar-refractivity contribution is 5.80. The standard InChI is InChI=1S/C22H32N2O2/c1-26-20-10-4-3-8-17(20)19(24-14-5-2-6-15-24)16-23-21(25)18-9-7-11-22(18)12-13-22/h3-4,8,10,18-19H,2,5-7,9,11-16H2,1H3,(H,23,25). The Labute approximate surface area is 157 Å². The van der Waals surface area contributed by atoms with Gasteiger partial charge in [0.05, 0.1) is 13.2 Å². The van der Waals surface area contributed by atoms with Gasteiger partial charge in [-0.15, -0.1) is 0 Å². The van der Waals surface area contributed by atoms with Crippen LogP contribution in [0.4, 0.5) is 0 Å². The van der Waals surface area contributed by atoms with Crippen LogP contribution in [0.5, 0.6) is 5.75 Å². The molecule has 1 aromatic rings. The molecule has 4 rings (SSSR count). The van der Waals surface area contributed by atoms with Gasteiger partial charge < -0.3 is 10.1 Å². The summed E-state index contributed by atoms with van der Waals surface area (Å²) < 4.78 is 5.63. The van der Waals surface area contributed by atoms with Crippen LogP contribution in [0.1, 0.15) is 63.0 Å². The lowest BCUT2D eigenvalue weighted by molar-refractivity contribution is -0.126. The highest BCUT2D eigenvalue weighted by Gasteiger charge is 2.54. The molecule has 0 radical (unpaired) electrons. The third kappa shape index (κ3) is 3.48. The van der Waals surface area contributed by atoms with Gasteiger partial charge in [0.2, 0.25) is 5.91 Å². The number of likely N-dealkylation sites (tertiary alicyclic amines) is 1. The quantitative estimate of drug-likeness (QED) is 0.840. The van der Waals surface area contributed by atoms with Crippen molar-refractivity contribution in [2.45, 2.75) is 57.4 Å². The molecule has 0 aromatic heterocycles. The lowest BCUT2D eigenvalue weighted by atomic mass is 9.92. The van der Waals surface area contributed by atoms with Gasteiger partial charge in [0.25, 0.3) is 0 Å². The molecule has 4 heteroatoms. The maximum Gasteiger partial charge on any atom is 0.223 e. The molecule has 2 unspecified atom stereocenters. The van der Waals surface area contributed by atoms with E-state index in [0.717, 1.165) is 25.3 Å². The molecule has 0 bridgehead atoms. The molecule has 1 aromatic carbocycles. The van der Waals surface area contributed by atoms with E-state index in [4.69, 9.17) is 4.74 Å². The fourth-order valence-electron chi connectivity index (χ4n) is 5.23. The fourth-order valence-corrected chi connectivity index (χ4v) is 5.23. The van der Waals surface area contributed by atoms with Crippen molar-refractivity contribution in [1.82, 2.24) is 10.2 Å². The summed E-state index contributed by atoms with van der Waals surface area (Å²) in [6.07, 6.45) is 9.87. The minimum Gasteiger partial charge on any atom is -0.496 e. The molecule has 142 valence electrons. The Morgan fingerprint density at radius 3 is 2.69 bits per heavy atom. The number of hydrogen-bond acceptors (Lipinski definition) is 3. The SMILES string of the molecule is COc1ccccc1C(CNC(=O)C1CCCC12CC2)N1CCCCC1. The number of methoxy groups -OCH3 is 1. The number of hydrogen-bond donors (Lipinski definition) is 1. The number of carbonyl (C=O) groups is 1. The van der Waals surface area contributed by atoms with E-state index in [1.54, 1.807) is 7.11 Å². The van der Waals surface area contributed by atoms with Crippen LogP contribution in [0.25, 0.3) is 0 Å². The first kappa shape index (κ1) is 17.8. The van der Waals surface area contributed by atoms with Crippen molar-refractivity contribution >= 4 is 5.91 Å². The first-order valence-corrected chi connectivity index (χ1v) is 10.4. The lowest BCUT2D eigenvalue weighted by Gasteiger charge is -2.36. The van der Waals surface area contributed by atoms with Gasteiger partial charge in [-0.25, -0.2) is 0 Å². The van der Waals surface area contributed by atoms with Crippen LogP contribution in [0, 0.1) is 11.3 Å². The number of nitrogens with zero attached hydrogens (tertiary/aromatic N) is 1. The minimum absolute atomic E-state index is 0.201. The average molecular weight is 357 g/mol. The number of carbonyl (C=O) groups excluding carboxylic acids is 1. The molecule has 4 nitrogen and oxygen atoms in total. The Morgan fingerprint density at radius 1 is 1.19 bits per heavy atom. The van der Waals surface area contributed by atoms with Crippen LogP contribution in [0.2, 0.25) is 0 Å². The van der Waals surface area contributed by atoms with Gasteiger partial charge in [-0.2, -0.15) is 0 Å². The predicted octanol–water partition coefficient (Wildman–Crippen LogP) is 3.92. The summed E-state index contributed by atoms with van der Waals surface area (Å²) in [4.78, 5) is 15.4. The second kappa shape index (κ2) is 7.59. The molecule has 3 fully saturated rings. The maximum absolute atomic E-state index is 12.9. The first-order chi connectivity index (χ1) is 12.7. The van der Waals surface area contributed by atoms with E-state index in [2.05, 4.69) is 22.3 Å². The van der Waals surface area contributed by atoms with Gasteiger partial charge >= 0.3 is 0 Å². The van der Waals surface area contributed by atoms with Crippen molar-refractivity contribution in [2.24, 2.45) is 11.3 Å². The second-order valence-electron chi connectivity index (χ2n) is 8.41. The number of para-hydroxylation sites is 1. The van der Waals surface area contributed by atoms with Crippen molar-refractivity contribution in [2.75, 3.05) is 26.7 Å². The Bertz CT molecular complexity index is 635. The third-order valence-electron chi connectivity index (χ3n) is 6.91. The second-order valence-corrected chi connectivity index (χ2v) is 8.41. The van der Waals surface area contributed by atoms with Crippen molar-refractivity contribution in [3.05, 3.63) is 29.8 Å². The Kier molecular flexibility index (Phi) is 5.21. The van der Waals surface area contributed by atoms with E-state index in [0.29, 0.717) is 12.0 Å². The molecular formula is C22H32N2O2. The van der Waals surface area contributed by atoms with Crippen LogP contribution in [0.3, 0.4) is 0 Å². The van der Waals surface area contributed by atoms with Crippen LogP contribution in [0.15, 0.2) is 24.3 Å². The molecule has 1 aliphatic heterocycles. The van der Waals surface area contributed by atoms with E-state index in [9.17, 15) is 4.79 Å². The Morgan fingerprint density at radius 2 is 1.96 bits per heavy atom. The van der Waals surface area contributed by atoms with Crippen LogP contribution < -0.4 is 10.1 Å². The van der Waals surface area contributed by atoms with E-state index < -0.39 is 0 Å². The van der Waals surface area contributed by atoms with Crippen LogP contribution >= 0.6 is 0 Å².